The third kappa shape index (κ3) is 3.72. The molecule has 1 N–H and O–H groups in total. The van der Waals surface area contributed by atoms with Gasteiger partial charge in [0.15, 0.2) is 0 Å². The quantitative estimate of drug-likeness (QED) is 0.896. The van der Waals surface area contributed by atoms with Gasteiger partial charge in [-0.05, 0) is 50.4 Å². The van der Waals surface area contributed by atoms with Crippen molar-refractivity contribution < 1.29 is 9.47 Å². The molecule has 108 valence electrons. The summed E-state index contributed by atoms with van der Waals surface area (Å²) >= 11 is 0. The fourth-order valence-corrected chi connectivity index (χ4v) is 2.66. The van der Waals surface area contributed by atoms with Crippen LogP contribution in [0.1, 0.15) is 36.8 Å². The number of nitrogens with one attached hydrogen (secondary N) is 1. The molecule has 1 fully saturated rings. The van der Waals surface area contributed by atoms with E-state index in [0.29, 0.717) is 30.1 Å². The van der Waals surface area contributed by atoms with Gasteiger partial charge in [0.2, 0.25) is 0 Å². The molecular formula is C16H22N2O2. The van der Waals surface area contributed by atoms with Gasteiger partial charge in [-0.2, -0.15) is 5.26 Å². The summed E-state index contributed by atoms with van der Waals surface area (Å²) in [7, 11) is 3.60. The summed E-state index contributed by atoms with van der Waals surface area (Å²) in [6.07, 6.45) is 4.90. The Kier molecular flexibility index (Phi) is 5.40. The zero-order valence-electron chi connectivity index (χ0n) is 12.2. The van der Waals surface area contributed by atoms with E-state index in [1.165, 1.54) is 12.8 Å². The lowest BCUT2D eigenvalue weighted by Gasteiger charge is -2.28. The number of hydrogen-bond donors (Lipinski definition) is 1. The van der Waals surface area contributed by atoms with Crippen molar-refractivity contribution in [2.45, 2.75) is 44.4 Å². The van der Waals surface area contributed by atoms with Gasteiger partial charge in [-0.15, -0.1) is 0 Å². The molecule has 1 saturated carbocycles. The molecule has 1 aromatic carbocycles. The first-order valence-corrected chi connectivity index (χ1v) is 7.12. The molecule has 0 atom stereocenters. The van der Waals surface area contributed by atoms with E-state index < -0.39 is 0 Å². The maximum Gasteiger partial charge on any atom is 0.136 e. The van der Waals surface area contributed by atoms with Gasteiger partial charge < -0.3 is 14.8 Å². The fourth-order valence-electron chi connectivity index (χ4n) is 2.66. The molecule has 0 saturated heterocycles. The highest BCUT2D eigenvalue weighted by Crippen LogP contribution is 2.23. The summed E-state index contributed by atoms with van der Waals surface area (Å²) < 4.78 is 11.1. The lowest BCUT2D eigenvalue weighted by atomic mass is 9.93. The normalized spacial score (nSPS) is 22.2. The Morgan fingerprint density at radius 3 is 2.65 bits per heavy atom. The van der Waals surface area contributed by atoms with Crippen LogP contribution in [-0.2, 0) is 11.3 Å². The maximum absolute atomic E-state index is 9.07. The van der Waals surface area contributed by atoms with E-state index in [9.17, 15) is 0 Å². The minimum atomic E-state index is 0.340. The van der Waals surface area contributed by atoms with Crippen LogP contribution >= 0.6 is 0 Å². The predicted octanol–water partition coefficient (Wildman–Crippen LogP) is 2.61. The van der Waals surface area contributed by atoms with Gasteiger partial charge in [-0.3, -0.25) is 0 Å². The van der Waals surface area contributed by atoms with Crippen molar-refractivity contribution in [1.29, 1.82) is 5.26 Å². The standard InChI is InChI=1S/C16H22N2O2/c1-18-14-4-6-15(7-5-14)20-11-12-3-8-16(19-2)13(9-12)10-17/h3,8-9,14-15,18H,4-7,11H2,1-2H3. The molecule has 0 bridgehead atoms. The molecule has 0 aliphatic heterocycles. The molecule has 0 radical (unpaired) electrons. The van der Waals surface area contributed by atoms with E-state index >= 15 is 0 Å². The summed E-state index contributed by atoms with van der Waals surface area (Å²) in [5, 5.41) is 12.4. The van der Waals surface area contributed by atoms with Crippen LogP contribution < -0.4 is 10.1 Å². The Bertz CT molecular complexity index is 474. The average Bonchev–Trinajstić information content (AvgIpc) is 2.53. The second-order valence-electron chi connectivity index (χ2n) is 5.22. The molecule has 4 heteroatoms. The fraction of sp³-hybridized carbons (Fsp3) is 0.562. The number of hydrogen-bond acceptors (Lipinski definition) is 4. The molecule has 1 aliphatic rings. The van der Waals surface area contributed by atoms with Crippen molar-refractivity contribution in [3.8, 4) is 11.8 Å². The number of rotatable bonds is 5. The van der Waals surface area contributed by atoms with Crippen LogP contribution in [0.2, 0.25) is 0 Å². The number of nitrogens with zero attached hydrogens (tertiary/aromatic N) is 1. The molecule has 0 amide bonds. The van der Waals surface area contributed by atoms with Crippen molar-refractivity contribution in [2.24, 2.45) is 0 Å². The van der Waals surface area contributed by atoms with Gasteiger partial charge in [-0.1, -0.05) is 6.07 Å². The summed E-state index contributed by atoms with van der Waals surface area (Å²) in [6, 6.07) is 8.42. The minimum Gasteiger partial charge on any atom is -0.495 e. The molecule has 2 rings (SSSR count). The van der Waals surface area contributed by atoms with Gasteiger partial charge in [0.1, 0.15) is 11.8 Å². The third-order valence-corrected chi connectivity index (χ3v) is 3.95. The zero-order valence-corrected chi connectivity index (χ0v) is 12.2. The molecule has 4 nitrogen and oxygen atoms in total. The Balaban J connectivity index is 1.87. The van der Waals surface area contributed by atoms with Crippen LogP contribution in [-0.4, -0.2) is 26.3 Å². The van der Waals surface area contributed by atoms with E-state index in [2.05, 4.69) is 11.4 Å². The second kappa shape index (κ2) is 7.28. The topological polar surface area (TPSA) is 54.3 Å². The third-order valence-electron chi connectivity index (χ3n) is 3.95. The summed E-state index contributed by atoms with van der Waals surface area (Å²) in [5.74, 6) is 0.616. The molecule has 0 aromatic heterocycles. The molecule has 0 heterocycles. The highest BCUT2D eigenvalue weighted by atomic mass is 16.5. The van der Waals surface area contributed by atoms with Crippen molar-refractivity contribution in [3.63, 3.8) is 0 Å². The van der Waals surface area contributed by atoms with Crippen molar-refractivity contribution in [2.75, 3.05) is 14.2 Å². The Hall–Kier alpha value is -1.57. The molecule has 0 spiro atoms. The van der Waals surface area contributed by atoms with Crippen molar-refractivity contribution >= 4 is 0 Å². The number of nitriles is 1. The largest absolute Gasteiger partial charge is 0.495 e. The van der Waals surface area contributed by atoms with Crippen molar-refractivity contribution in [3.05, 3.63) is 29.3 Å². The smallest absolute Gasteiger partial charge is 0.136 e. The van der Waals surface area contributed by atoms with Crippen LogP contribution in [0.4, 0.5) is 0 Å². The summed E-state index contributed by atoms with van der Waals surface area (Å²) in [5.41, 5.74) is 1.59. The van der Waals surface area contributed by atoms with Crippen LogP contribution in [0.15, 0.2) is 18.2 Å². The summed E-state index contributed by atoms with van der Waals surface area (Å²) in [4.78, 5) is 0. The first kappa shape index (κ1) is 14.8. The lowest BCUT2D eigenvalue weighted by Crippen LogP contribution is -2.32. The first-order valence-electron chi connectivity index (χ1n) is 7.12. The molecule has 20 heavy (non-hydrogen) atoms. The lowest BCUT2D eigenvalue weighted by molar-refractivity contribution is 0.0118. The van der Waals surface area contributed by atoms with E-state index in [-0.39, 0.29) is 0 Å². The highest BCUT2D eigenvalue weighted by Gasteiger charge is 2.20. The minimum absolute atomic E-state index is 0.340. The Labute approximate surface area is 120 Å². The van der Waals surface area contributed by atoms with E-state index in [1.807, 2.05) is 25.2 Å². The van der Waals surface area contributed by atoms with Gasteiger partial charge in [-0.25, -0.2) is 0 Å². The maximum atomic E-state index is 9.07. The molecule has 1 aromatic rings. The monoisotopic (exact) mass is 274 g/mol. The predicted molar refractivity (Wildman–Crippen MR) is 77.6 cm³/mol. The highest BCUT2D eigenvalue weighted by molar-refractivity contribution is 5.45. The number of ether oxygens (including phenoxy) is 2. The van der Waals surface area contributed by atoms with Crippen LogP contribution in [0.5, 0.6) is 5.75 Å². The Morgan fingerprint density at radius 1 is 1.30 bits per heavy atom. The Morgan fingerprint density at radius 2 is 2.05 bits per heavy atom. The molecular weight excluding hydrogens is 252 g/mol. The van der Waals surface area contributed by atoms with E-state index in [0.717, 1.165) is 18.4 Å². The summed E-state index contributed by atoms with van der Waals surface area (Å²) in [6.45, 7) is 0.563. The number of benzene rings is 1. The van der Waals surface area contributed by atoms with E-state index in [4.69, 9.17) is 14.7 Å². The average molecular weight is 274 g/mol. The van der Waals surface area contributed by atoms with Crippen LogP contribution in [0.3, 0.4) is 0 Å². The van der Waals surface area contributed by atoms with Crippen LogP contribution in [0.25, 0.3) is 0 Å². The number of methoxy groups -OCH3 is 1. The van der Waals surface area contributed by atoms with Gasteiger partial charge in [0, 0.05) is 6.04 Å². The van der Waals surface area contributed by atoms with Gasteiger partial charge >= 0.3 is 0 Å². The zero-order chi connectivity index (χ0) is 14.4. The SMILES string of the molecule is CNC1CCC(OCc2ccc(OC)c(C#N)c2)CC1. The van der Waals surface area contributed by atoms with E-state index in [1.54, 1.807) is 7.11 Å². The molecule has 0 unspecified atom stereocenters. The van der Waals surface area contributed by atoms with Gasteiger partial charge in [0.25, 0.3) is 0 Å². The van der Waals surface area contributed by atoms with Crippen LogP contribution in [0, 0.1) is 11.3 Å². The second-order valence-corrected chi connectivity index (χ2v) is 5.22. The first-order chi connectivity index (χ1) is 9.76. The van der Waals surface area contributed by atoms with Crippen molar-refractivity contribution in [1.82, 2.24) is 5.32 Å². The molecule has 1 aliphatic carbocycles. The van der Waals surface area contributed by atoms with Gasteiger partial charge in [0.05, 0.1) is 25.4 Å².